The number of rotatable bonds is 3. The van der Waals surface area contributed by atoms with Gasteiger partial charge in [-0.05, 0) is 49.9 Å². The largest absolute Gasteiger partial charge is 0.369 e. The van der Waals surface area contributed by atoms with Crippen molar-refractivity contribution in [2.75, 3.05) is 11.4 Å². The van der Waals surface area contributed by atoms with Crippen LogP contribution in [0.5, 0.6) is 0 Å². The number of piperidine rings is 1. The molecule has 0 aliphatic carbocycles. The number of nitrogens with zero attached hydrogens (tertiary/aromatic N) is 2. The third-order valence-electron chi connectivity index (χ3n) is 3.58. The molecule has 1 fully saturated rings. The zero-order chi connectivity index (χ0) is 12.1. The highest BCUT2D eigenvalue weighted by molar-refractivity contribution is 5.50. The van der Waals surface area contributed by atoms with Crippen LogP contribution in [0.25, 0.3) is 0 Å². The Kier molecular flexibility index (Phi) is 4.03. The first-order chi connectivity index (χ1) is 8.35. The predicted octanol–water partition coefficient (Wildman–Crippen LogP) is 3.72. The summed E-state index contributed by atoms with van der Waals surface area (Å²) in [5, 5.41) is 8.81. The summed E-state index contributed by atoms with van der Waals surface area (Å²) in [6.07, 6.45) is 6.49. The summed E-state index contributed by atoms with van der Waals surface area (Å²) in [5.41, 5.74) is 2.03. The fourth-order valence-electron chi connectivity index (χ4n) is 2.70. The van der Waals surface area contributed by atoms with E-state index in [9.17, 15) is 0 Å². The molecule has 1 aliphatic heterocycles. The van der Waals surface area contributed by atoms with E-state index in [1.165, 1.54) is 37.8 Å². The highest BCUT2D eigenvalue weighted by Gasteiger charge is 2.21. The second-order valence-corrected chi connectivity index (χ2v) is 4.79. The second kappa shape index (κ2) is 5.72. The zero-order valence-electron chi connectivity index (χ0n) is 10.5. The molecule has 2 heteroatoms. The maximum Gasteiger partial charge on any atom is 0.0991 e. The van der Waals surface area contributed by atoms with Crippen molar-refractivity contribution in [3.8, 4) is 6.07 Å². The lowest BCUT2D eigenvalue weighted by atomic mass is 9.97. The van der Waals surface area contributed by atoms with Gasteiger partial charge in [0, 0.05) is 18.3 Å². The minimum Gasteiger partial charge on any atom is -0.369 e. The molecule has 1 atom stereocenters. The van der Waals surface area contributed by atoms with E-state index in [0.29, 0.717) is 6.04 Å². The zero-order valence-corrected chi connectivity index (χ0v) is 10.5. The van der Waals surface area contributed by atoms with Crippen LogP contribution in [0.15, 0.2) is 24.3 Å². The van der Waals surface area contributed by atoms with E-state index >= 15 is 0 Å². The maximum absolute atomic E-state index is 8.81. The molecule has 0 aromatic heterocycles. The minimum absolute atomic E-state index is 0.696. The predicted molar refractivity (Wildman–Crippen MR) is 71.1 cm³/mol. The van der Waals surface area contributed by atoms with Gasteiger partial charge in [0.1, 0.15) is 0 Å². The van der Waals surface area contributed by atoms with Gasteiger partial charge in [0.05, 0.1) is 11.6 Å². The van der Waals surface area contributed by atoms with Crippen molar-refractivity contribution in [3.63, 3.8) is 0 Å². The monoisotopic (exact) mass is 228 g/mol. The molecule has 17 heavy (non-hydrogen) atoms. The summed E-state index contributed by atoms with van der Waals surface area (Å²) in [6, 6.07) is 10.9. The second-order valence-electron chi connectivity index (χ2n) is 4.79. The van der Waals surface area contributed by atoms with Crippen LogP contribution in [0.1, 0.15) is 44.6 Å². The lowest BCUT2D eigenvalue weighted by molar-refractivity contribution is 0.435. The number of hydrogen-bond donors (Lipinski definition) is 0. The highest BCUT2D eigenvalue weighted by atomic mass is 15.2. The molecule has 1 aromatic carbocycles. The molecule has 0 saturated carbocycles. The van der Waals surface area contributed by atoms with Gasteiger partial charge in [0.25, 0.3) is 0 Å². The van der Waals surface area contributed by atoms with Crippen molar-refractivity contribution in [1.29, 1.82) is 5.26 Å². The van der Waals surface area contributed by atoms with Crippen LogP contribution in [0, 0.1) is 11.3 Å². The Bertz CT molecular complexity index is 386. The van der Waals surface area contributed by atoms with Gasteiger partial charge in [0.15, 0.2) is 0 Å². The van der Waals surface area contributed by atoms with Gasteiger partial charge in [0.2, 0.25) is 0 Å². The summed E-state index contributed by atoms with van der Waals surface area (Å²) < 4.78 is 0. The third kappa shape index (κ3) is 2.79. The Morgan fingerprint density at radius 1 is 1.29 bits per heavy atom. The Morgan fingerprint density at radius 3 is 2.71 bits per heavy atom. The Morgan fingerprint density at radius 2 is 2.06 bits per heavy atom. The molecular weight excluding hydrogens is 208 g/mol. The Hall–Kier alpha value is -1.49. The molecule has 0 radical (unpaired) electrons. The van der Waals surface area contributed by atoms with E-state index in [4.69, 9.17) is 5.26 Å². The molecule has 1 saturated heterocycles. The molecule has 0 amide bonds. The van der Waals surface area contributed by atoms with Crippen molar-refractivity contribution in [1.82, 2.24) is 0 Å². The van der Waals surface area contributed by atoms with Crippen molar-refractivity contribution in [3.05, 3.63) is 29.8 Å². The average Bonchev–Trinajstić information content (AvgIpc) is 2.40. The summed E-state index contributed by atoms with van der Waals surface area (Å²) in [6.45, 7) is 3.42. The average molecular weight is 228 g/mol. The van der Waals surface area contributed by atoms with Gasteiger partial charge < -0.3 is 4.90 Å². The molecule has 1 aromatic rings. The van der Waals surface area contributed by atoms with E-state index < -0.39 is 0 Å². The number of anilines is 1. The minimum atomic E-state index is 0.696. The topological polar surface area (TPSA) is 27.0 Å². The van der Waals surface area contributed by atoms with Gasteiger partial charge in [-0.3, -0.25) is 0 Å². The summed E-state index contributed by atoms with van der Waals surface area (Å²) >= 11 is 0. The molecule has 1 heterocycles. The molecule has 2 nitrogen and oxygen atoms in total. The van der Waals surface area contributed by atoms with Crippen molar-refractivity contribution < 1.29 is 0 Å². The fraction of sp³-hybridized carbons (Fsp3) is 0.533. The van der Waals surface area contributed by atoms with Gasteiger partial charge in [-0.2, -0.15) is 5.26 Å². The van der Waals surface area contributed by atoms with E-state index in [0.717, 1.165) is 12.1 Å². The van der Waals surface area contributed by atoms with Crippen molar-refractivity contribution >= 4 is 5.69 Å². The number of benzene rings is 1. The molecule has 90 valence electrons. The third-order valence-corrected chi connectivity index (χ3v) is 3.58. The van der Waals surface area contributed by atoms with Crippen LogP contribution in [-0.4, -0.2) is 12.6 Å². The van der Waals surface area contributed by atoms with Crippen LogP contribution in [0.3, 0.4) is 0 Å². The van der Waals surface area contributed by atoms with Crippen molar-refractivity contribution in [2.24, 2.45) is 0 Å². The number of hydrogen-bond acceptors (Lipinski definition) is 2. The molecule has 0 N–H and O–H groups in total. The highest BCUT2D eigenvalue weighted by Crippen LogP contribution is 2.27. The number of nitriles is 1. The standard InChI is InChI=1S/C15H20N2/c1-2-5-14-6-3-4-11-17(14)15-9-7-13(12-16)8-10-15/h7-10,14H,2-6,11H2,1H3. The quantitative estimate of drug-likeness (QED) is 0.788. The maximum atomic E-state index is 8.81. The normalized spacial score (nSPS) is 20.0. The first-order valence-corrected chi connectivity index (χ1v) is 6.62. The van der Waals surface area contributed by atoms with Crippen LogP contribution < -0.4 is 4.90 Å². The van der Waals surface area contributed by atoms with E-state index in [-0.39, 0.29) is 0 Å². The SMILES string of the molecule is CCCC1CCCCN1c1ccc(C#N)cc1. The first-order valence-electron chi connectivity index (χ1n) is 6.62. The summed E-state index contributed by atoms with van der Waals surface area (Å²) in [7, 11) is 0. The molecule has 1 unspecified atom stereocenters. The lowest BCUT2D eigenvalue weighted by Crippen LogP contribution is -2.39. The molecular formula is C15H20N2. The van der Waals surface area contributed by atoms with Crippen LogP contribution in [0.4, 0.5) is 5.69 Å². The van der Waals surface area contributed by atoms with E-state index in [2.05, 4.69) is 30.0 Å². The van der Waals surface area contributed by atoms with Crippen LogP contribution in [-0.2, 0) is 0 Å². The first kappa shape index (κ1) is 12.0. The van der Waals surface area contributed by atoms with Gasteiger partial charge in [-0.25, -0.2) is 0 Å². The van der Waals surface area contributed by atoms with Crippen molar-refractivity contribution in [2.45, 2.75) is 45.1 Å². The fourth-order valence-corrected chi connectivity index (χ4v) is 2.70. The van der Waals surface area contributed by atoms with Gasteiger partial charge >= 0.3 is 0 Å². The Balaban J connectivity index is 2.14. The lowest BCUT2D eigenvalue weighted by Gasteiger charge is -2.37. The van der Waals surface area contributed by atoms with Gasteiger partial charge in [-0.1, -0.05) is 13.3 Å². The van der Waals surface area contributed by atoms with Gasteiger partial charge in [-0.15, -0.1) is 0 Å². The molecule has 2 rings (SSSR count). The van der Waals surface area contributed by atoms with E-state index in [1.807, 2.05) is 12.1 Å². The Labute approximate surface area is 104 Å². The summed E-state index contributed by atoms with van der Waals surface area (Å²) in [5.74, 6) is 0. The molecule has 1 aliphatic rings. The van der Waals surface area contributed by atoms with Crippen LogP contribution in [0.2, 0.25) is 0 Å². The van der Waals surface area contributed by atoms with Crippen LogP contribution >= 0.6 is 0 Å². The molecule has 0 spiro atoms. The molecule has 0 bridgehead atoms. The van der Waals surface area contributed by atoms with E-state index in [1.54, 1.807) is 0 Å². The smallest absolute Gasteiger partial charge is 0.0991 e. The summed E-state index contributed by atoms with van der Waals surface area (Å²) in [4.78, 5) is 2.52.